The Morgan fingerprint density at radius 2 is 1.64 bits per heavy atom. The molecule has 3 rings (SSSR count). The van der Waals surface area contributed by atoms with E-state index in [1.54, 1.807) is 0 Å². The molecule has 1 N–H and O–H groups in total. The average Bonchev–Trinajstić information content (AvgIpc) is 2.74. The van der Waals surface area contributed by atoms with Gasteiger partial charge < -0.3 is 5.32 Å². The molecule has 134 valence electrons. The van der Waals surface area contributed by atoms with Crippen molar-refractivity contribution in [3.8, 4) is 6.07 Å². The van der Waals surface area contributed by atoms with E-state index in [0.29, 0.717) is 5.56 Å². The zero-order valence-electron chi connectivity index (χ0n) is 15.8. The molecule has 25 heavy (non-hydrogen) atoms. The SMILES string of the molecule is Cc1cc(C#N)cc(C)c1NC(=O)C1([P+]2(C)CCCCCC2)CCC1. The first-order valence-corrected chi connectivity index (χ1v) is 12.2. The molecule has 1 aromatic rings. The molecular formula is C21H30N2OP+. The maximum Gasteiger partial charge on any atom is 0.268 e. The van der Waals surface area contributed by atoms with Gasteiger partial charge in [0.25, 0.3) is 5.91 Å². The molecule has 0 atom stereocenters. The minimum Gasteiger partial charge on any atom is -0.322 e. The van der Waals surface area contributed by atoms with Crippen molar-refractivity contribution in [1.82, 2.24) is 0 Å². The minimum atomic E-state index is -1.25. The van der Waals surface area contributed by atoms with Gasteiger partial charge in [0, 0.05) is 19.6 Å². The van der Waals surface area contributed by atoms with Crippen molar-refractivity contribution in [2.45, 2.75) is 63.9 Å². The van der Waals surface area contributed by atoms with E-state index in [1.165, 1.54) is 44.4 Å². The number of hydrogen-bond donors (Lipinski definition) is 1. The molecule has 0 aromatic heterocycles. The number of amides is 1. The van der Waals surface area contributed by atoms with Crippen LogP contribution >= 0.6 is 7.26 Å². The van der Waals surface area contributed by atoms with Crippen LogP contribution in [0.1, 0.15) is 61.6 Å². The molecule has 0 unspecified atom stereocenters. The Hall–Kier alpha value is -1.39. The second-order valence-electron chi connectivity index (χ2n) is 8.19. The molecule has 0 bridgehead atoms. The summed E-state index contributed by atoms with van der Waals surface area (Å²) in [5.74, 6) is 0.257. The van der Waals surface area contributed by atoms with Gasteiger partial charge >= 0.3 is 0 Å². The quantitative estimate of drug-likeness (QED) is 0.750. The van der Waals surface area contributed by atoms with Crippen molar-refractivity contribution in [2.75, 3.05) is 24.3 Å². The van der Waals surface area contributed by atoms with Gasteiger partial charge in [-0.05, 0) is 82.1 Å². The Balaban J connectivity index is 1.88. The molecule has 2 aliphatic rings. The Morgan fingerprint density at radius 3 is 2.08 bits per heavy atom. The van der Waals surface area contributed by atoms with Crippen molar-refractivity contribution in [1.29, 1.82) is 5.26 Å². The highest BCUT2D eigenvalue weighted by Gasteiger charge is 2.62. The van der Waals surface area contributed by atoms with Crippen LogP contribution in [-0.2, 0) is 4.79 Å². The number of nitrogens with one attached hydrogen (secondary N) is 1. The van der Waals surface area contributed by atoms with Crippen molar-refractivity contribution in [2.24, 2.45) is 0 Å². The van der Waals surface area contributed by atoms with Crippen LogP contribution in [0.3, 0.4) is 0 Å². The number of nitrogens with zero attached hydrogens (tertiary/aromatic N) is 1. The Labute approximate surface area is 152 Å². The number of aryl methyl sites for hydroxylation is 2. The van der Waals surface area contributed by atoms with Gasteiger partial charge in [-0.15, -0.1) is 0 Å². The molecule has 0 radical (unpaired) electrons. The smallest absolute Gasteiger partial charge is 0.268 e. The second-order valence-corrected chi connectivity index (χ2v) is 12.7. The molecule has 1 aromatic carbocycles. The number of benzene rings is 1. The first-order valence-electron chi connectivity index (χ1n) is 9.59. The van der Waals surface area contributed by atoms with Gasteiger partial charge in [0.1, 0.15) is 0 Å². The van der Waals surface area contributed by atoms with Crippen LogP contribution in [0.15, 0.2) is 12.1 Å². The molecule has 1 aliphatic heterocycles. The molecule has 1 saturated heterocycles. The first kappa shape index (κ1) is 18.4. The third kappa shape index (κ3) is 3.22. The van der Waals surface area contributed by atoms with Gasteiger partial charge in [0.15, 0.2) is 5.16 Å². The lowest BCUT2D eigenvalue weighted by atomic mass is 9.83. The summed E-state index contributed by atoms with van der Waals surface area (Å²) in [6, 6.07) is 5.95. The Bertz CT molecular complexity index is 684. The van der Waals surface area contributed by atoms with Gasteiger partial charge in [-0.2, -0.15) is 5.26 Å². The fraction of sp³-hybridized carbons (Fsp3) is 0.619. The van der Waals surface area contributed by atoms with Gasteiger partial charge in [-0.3, -0.25) is 4.79 Å². The molecule has 0 spiro atoms. The predicted octanol–water partition coefficient (Wildman–Crippen LogP) is 5.26. The van der Waals surface area contributed by atoms with Crippen molar-refractivity contribution >= 4 is 18.9 Å². The van der Waals surface area contributed by atoms with E-state index in [1.807, 2.05) is 26.0 Å². The zero-order chi connectivity index (χ0) is 18.1. The molecule has 2 fully saturated rings. The summed E-state index contributed by atoms with van der Waals surface area (Å²) in [4.78, 5) is 13.4. The molecule has 1 heterocycles. The van der Waals surface area contributed by atoms with Crippen LogP contribution < -0.4 is 5.32 Å². The van der Waals surface area contributed by atoms with E-state index in [-0.39, 0.29) is 11.1 Å². The molecule has 4 heteroatoms. The average molecular weight is 357 g/mol. The van der Waals surface area contributed by atoms with Crippen LogP contribution in [-0.4, -0.2) is 30.1 Å². The molecule has 1 amide bonds. The maximum atomic E-state index is 13.4. The highest BCUT2D eigenvalue weighted by atomic mass is 31.2. The number of carbonyl (C=O) groups excluding carboxylic acids is 1. The third-order valence-electron chi connectivity index (χ3n) is 6.59. The van der Waals surface area contributed by atoms with Crippen LogP contribution in [0.5, 0.6) is 0 Å². The number of anilines is 1. The van der Waals surface area contributed by atoms with Crippen molar-refractivity contribution in [3.63, 3.8) is 0 Å². The fourth-order valence-corrected chi connectivity index (χ4v) is 9.66. The van der Waals surface area contributed by atoms with Gasteiger partial charge in [-0.25, -0.2) is 0 Å². The summed E-state index contributed by atoms with van der Waals surface area (Å²) in [7, 11) is -1.25. The molecule has 3 nitrogen and oxygen atoms in total. The standard InChI is InChI=1S/C21H29N2OP/c1-16-13-18(15-22)14-17(2)19(16)23-20(24)21(9-8-10-21)25(3)11-6-4-5-7-12-25/h13-14H,4-12H2,1-3H3/p+1. The summed E-state index contributed by atoms with van der Waals surface area (Å²) in [6.07, 6.45) is 11.2. The molecule has 1 aliphatic carbocycles. The molecule has 1 saturated carbocycles. The summed E-state index contributed by atoms with van der Waals surface area (Å²) in [6.45, 7) is 6.44. The van der Waals surface area contributed by atoms with Gasteiger partial charge in [0.2, 0.25) is 0 Å². The van der Waals surface area contributed by atoms with Gasteiger partial charge in [0.05, 0.1) is 24.0 Å². The van der Waals surface area contributed by atoms with Crippen LogP contribution in [0.4, 0.5) is 5.69 Å². The highest BCUT2D eigenvalue weighted by Crippen LogP contribution is 2.74. The van der Waals surface area contributed by atoms with E-state index in [2.05, 4.69) is 18.1 Å². The maximum absolute atomic E-state index is 13.4. The van der Waals surface area contributed by atoms with Crippen LogP contribution in [0.25, 0.3) is 0 Å². The van der Waals surface area contributed by atoms with E-state index in [9.17, 15) is 4.79 Å². The van der Waals surface area contributed by atoms with E-state index < -0.39 is 7.26 Å². The number of carbonyl (C=O) groups is 1. The number of hydrogen-bond acceptors (Lipinski definition) is 2. The van der Waals surface area contributed by atoms with E-state index >= 15 is 0 Å². The van der Waals surface area contributed by atoms with E-state index in [0.717, 1.165) is 29.7 Å². The van der Waals surface area contributed by atoms with E-state index in [4.69, 9.17) is 5.26 Å². The number of nitriles is 1. The lowest BCUT2D eigenvalue weighted by Gasteiger charge is -2.47. The monoisotopic (exact) mass is 357 g/mol. The zero-order valence-corrected chi connectivity index (χ0v) is 16.7. The fourth-order valence-electron chi connectivity index (χ4n) is 4.79. The largest absolute Gasteiger partial charge is 0.322 e. The lowest BCUT2D eigenvalue weighted by molar-refractivity contribution is -0.120. The van der Waals surface area contributed by atoms with Crippen LogP contribution in [0, 0.1) is 25.2 Å². The minimum absolute atomic E-state index is 0.0931. The number of rotatable bonds is 3. The summed E-state index contributed by atoms with van der Waals surface area (Å²) in [5.41, 5.74) is 3.55. The Morgan fingerprint density at radius 1 is 1.08 bits per heavy atom. The summed E-state index contributed by atoms with van der Waals surface area (Å²) < 4.78 is 0. The topological polar surface area (TPSA) is 52.9 Å². The summed E-state index contributed by atoms with van der Waals surface area (Å²) >= 11 is 0. The van der Waals surface area contributed by atoms with Crippen molar-refractivity contribution in [3.05, 3.63) is 28.8 Å². The lowest BCUT2D eigenvalue weighted by Crippen LogP contribution is -2.51. The molecular weight excluding hydrogens is 327 g/mol. The van der Waals surface area contributed by atoms with Gasteiger partial charge in [-0.1, -0.05) is 0 Å². The predicted molar refractivity (Wildman–Crippen MR) is 107 cm³/mol. The Kier molecular flexibility index (Phi) is 5.21. The third-order valence-corrected chi connectivity index (χ3v) is 11.9. The first-order chi connectivity index (χ1) is 11.9. The van der Waals surface area contributed by atoms with Crippen molar-refractivity contribution < 1.29 is 4.79 Å². The summed E-state index contributed by atoms with van der Waals surface area (Å²) in [5, 5.41) is 12.3. The highest BCUT2D eigenvalue weighted by molar-refractivity contribution is 7.77. The second kappa shape index (κ2) is 7.08. The van der Waals surface area contributed by atoms with Crippen LogP contribution in [0.2, 0.25) is 0 Å². The normalized spacial score (nSPS) is 21.5.